The van der Waals surface area contributed by atoms with Gasteiger partial charge >= 0.3 is 0 Å². The van der Waals surface area contributed by atoms with Crippen molar-refractivity contribution in [1.29, 1.82) is 0 Å². The molecular formula is C26H34N2O4. The van der Waals surface area contributed by atoms with Crippen LogP contribution in [-0.4, -0.2) is 36.8 Å². The quantitative estimate of drug-likeness (QED) is 0.450. The number of aryl methyl sites for hydroxylation is 2. The molecule has 0 aliphatic rings. The van der Waals surface area contributed by atoms with Gasteiger partial charge < -0.3 is 24.1 Å². The van der Waals surface area contributed by atoms with Crippen LogP contribution in [0.3, 0.4) is 0 Å². The number of amides is 1. The molecular weight excluding hydrogens is 404 g/mol. The highest BCUT2D eigenvalue weighted by Gasteiger charge is 2.20. The number of carbonyl (C=O) groups is 1. The van der Waals surface area contributed by atoms with Gasteiger partial charge in [0, 0.05) is 24.0 Å². The molecule has 0 bridgehead atoms. The van der Waals surface area contributed by atoms with Crippen molar-refractivity contribution >= 4 is 16.8 Å². The molecule has 0 saturated heterocycles. The number of ether oxygens (including phenoxy) is 3. The molecule has 32 heavy (non-hydrogen) atoms. The zero-order chi connectivity index (χ0) is 23.1. The van der Waals surface area contributed by atoms with Gasteiger partial charge in [0.15, 0.2) is 11.5 Å². The zero-order valence-electron chi connectivity index (χ0n) is 19.8. The van der Waals surface area contributed by atoms with Gasteiger partial charge in [0.05, 0.1) is 19.8 Å². The highest BCUT2D eigenvalue weighted by molar-refractivity contribution is 6.02. The van der Waals surface area contributed by atoms with E-state index in [2.05, 4.69) is 16.8 Å². The fraction of sp³-hybridized carbons (Fsp3) is 0.423. The summed E-state index contributed by atoms with van der Waals surface area (Å²) in [4.78, 5) is 13.1. The highest BCUT2D eigenvalue weighted by Crippen LogP contribution is 2.30. The molecule has 0 atom stereocenters. The maximum Gasteiger partial charge on any atom is 0.268 e. The average Bonchev–Trinajstić information content (AvgIpc) is 3.07. The predicted molar refractivity (Wildman–Crippen MR) is 128 cm³/mol. The number of aromatic nitrogens is 1. The SMILES string of the molecule is CCOc1ccc2c(c1)c(C)c(C(=O)NCCc1ccc(OCC)c(OCC)c1)n2CC. The van der Waals surface area contributed by atoms with E-state index < -0.39 is 0 Å². The Morgan fingerprint density at radius 2 is 1.62 bits per heavy atom. The first kappa shape index (κ1) is 23.5. The van der Waals surface area contributed by atoms with Gasteiger partial charge in [-0.3, -0.25) is 4.79 Å². The lowest BCUT2D eigenvalue weighted by Gasteiger charge is -2.13. The van der Waals surface area contributed by atoms with E-state index in [1.54, 1.807) is 0 Å². The molecule has 0 fully saturated rings. The Kier molecular flexibility index (Phi) is 8.03. The first-order valence-electron chi connectivity index (χ1n) is 11.5. The fourth-order valence-corrected chi connectivity index (χ4v) is 4.03. The molecule has 1 N–H and O–H groups in total. The summed E-state index contributed by atoms with van der Waals surface area (Å²) in [6, 6.07) is 11.9. The van der Waals surface area contributed by atoms with Crippen molar-refractivity contribution < 1.29 is 19.0 Å². The molecule has 6 heteroatoms. The molecule has 6 nitrogen and oxygen atoms in total. The number of carbonyl (C=O) groups excluding carboxylic acids is 1. The van der Waals surface area contributed by atoms with Gasteiger partial charge in [-0.05, 0) is 82.5 Å². The minimum Gasteiger partial charge on any atom is -0.494 e. The lowest BCUT2D eigenvalue weighted by atomic mass is 10.1. The third-order valence-electron chi connectivity index (χ3n) is 5.44. The fourth-order valence-electron chi connectivity index (χ4n) is 4.03. The first-order chi connectivity index (χ1) is 15.5. The van der Waals surface area contributed by atoms with Gasteiger partial charge in [-0.2, -0.15) is 0 Å². The summed E-state index contributed by atoms with van der Waals surface area (Å²) in [6.07, 6.45) is 0.706. The lowest BCUT2D eigenvalue weighted by molar-refractivity contribution is 0.0945. The number of benzene rings is 2. The van der Waals surface area contributed by atoms with E-state index in [9.17, 15) is 4.79 Å². The molecule has 0 unspecified atom stereocenters. The van der Waals surface area contributed by atoms with E-state index in [0.29, 0.717) is 38.5 Å². The summed E-state index contributed by atoms with van der Waals surface area (Å²) >= 11 is 0. The van der Waals surface area contributed by atoms with Crippen LogP contribution in [0.15, 0.2) is 36.4 Å². The molecule has 0 aliphatic heterocycles. The van der Waals surface area contributed by atoms with Crippen molar-refractivity contribution in [2.45, 2.75) is 47.6 Å². The Bertz CT molecular complexity index is 1070. The van der Waals surface area contributed by atoms with Gasteiger partial charge in [0.25, 0.3) is 5.91 Å². The number of nitrogens with zero attached hydrogens (tertiary/aromatic N) is 1. The Hall–Kier alpha value is -3.15. The molecule has 1 aromatic heterocycles. The van der Waals surface area contributed by atoms with Crippen molar-refractivity contribution in [2.24, 2.45) is 0 Å². The van der Waals surface area contributed by atoms with E-state index in [1.165, 1.54) is 0 Å². The third-order valence-corrected chi connectivity index (χ3v) is 5.44. The summed E-state index contributed by atoms with van der Waals surface area (Å²) in [5, 5.41) is 4.14. The van der Waals surface area contributed by atoms with Crippen molar-refractivity contribution in [3.05, 3.63) is 53.2 Å². The van der Waals surface area contributed by atoms with E-state index >= 15 is 0 Å². The normalized spacial score (nSPS) is 10.9. The van der Waals surface area contributed by atoms with Crippen LogP contribution in [0.25, 0.3) is 10.9 Å². The summed E-state index contributed by atoms with van der Waals surface area (Å²) < 4.78 is 19.1. The standard InChI is InChI=1S/C26H34N2O4/c1-6-28-22-12-11-20(30-7-2)17-21(22)18(5)25(28)26(29)27-15-14-19-10-13-23(31-8-3)24(16-19)32-9-4/h10-13,16-17H,6-9,14-15H2,1-5H3,(H,27,29). The number of hydrogen-bond acceptors (Lipinski definition) is 4. The number of nitrogens with one attached hydrogen (secondary N) is 1. The van der Waals surface area contributed by atoms with Crippen LogP contribution in [0.4, 0.5) is 0 Å². The van der Waals surface area contributed by atoms with E-state index in [0.717, 1.165) is 45.8 Å². The van der Waals surface area contributed by atoms with Crippen LogP contribution in [0, 0.1) is 6.92 Å². The smallest absolute Gasteiger partial charge is 0.268 e. The van der Waals surface area contributed by atoms with Crippen LogP contribution in [0.1, 0.15) is 49.3 Å². The van der Waals surface area contributed by atoms with Crippen LogP contribution >= 0.6 is 0 Å². The van der Waals surface area contributed by atoms with E-state index in [1.807, 2.05) is 64.1 Å². The minimum atomic E-state index is -0.0607. The van der Waals surface area contributed by atoms with Gasteiger partial charge in [0.1, 0.15) is 11.4 Å². The maximum absolute atomic E-state index is 13.1. The lowest BCUT2D eigenvalue weighted by Crippen LogP contribution is -2.28. The van der Waals surface area contributed by atoms with Gasteiger partial charge in [-0.1, -0.05) is 6.07 Å². The zero-order valence-corrected chi connectivity index (χ0v) is 19.8. The summed E-state index contributed by atoms with van der Waals surface area (Å²) in [5.41, 5.74) is 3.82. The Morgan fingerprint density at radius 3 is 2.31 bits per heavy atom. The van der Waals surface area contributed by atoms with Gasteiger partial charge in [-0.15, -0.1) is 0 Å². The second kappa shape index (κ2) is 10.9. The van der Waals surface area contributed by atoms with Gasteiger partial charge in [0.2, 0.25) is 0 Å². The molecule has 0 radical (unpaired) electrons. The molecule has 172 valence electrons. The topological polar surface area (TPSA) is 61.7 Å². The van der Waals surface area contributed by atoms with Gasteiger partial charge in [-0.25, -0.2) is 0 Å². The van der Waals surface area contributed by atoms with Crippen molar-refractivity contribution in [3.63, 3.8) is 0 Å². The summed E-state index contributed by atoms with van der Waals surface area (Å²) in [7, 11) is 0. The molecule has 0 saturated carbocycles. The summed E-state index contributed by atoms with van der Waals surface area (Å²) in [5.74, 6) is 2.25. The monoisotopic (exact) mass is 438 g/mol. The highest BCUT2D eigenvalue weighted by atomic mass is 16.5. The Morgan fingerprint density at radius 1 is 0.906 bits per heavy atom. The minimum absolute atomic E-state index is 0.0607. The first-order valence-corrected chi connectivity index (χ1v) is 11.5. The van der Waals surface area contributed by atoms with Crippen molar-refractivity contribution in [3.8, 4) is 17.2 Å². The Labute approximate surface area is 190 Å². The Balaban J connectivity index is 1.75. The second-order valence-corrected chi connectivity index (χ2v) is 7.48. The van der Waals surface area contributed by atoms with Crippen LogP contribution in [0.5, 0.6) is 17.2 Å². The summed E-state index contributed by atoms with van der Waals surface area (Å²) in [6.45, 7) is 13.0. The number of fused-ring (bicyclic) bond motifs is 1. The van der Waals surface area contributed by atoms with Crippen LogP contribution in [0.2, 0.25) is 0 Å². The third kappa shape index (κ3) is 5.01. The maximum atomic E-state index is 13.1. The van der Waals surface area contributed by atoms with E-state index in [-0.39, 0.29) is 5.91 Å². The molecule has 0 aliphatic carbocycles. The van der Waals surface area contributed by atoms with Crippen LogP contribution in [-0.2, 0) is 13.0 Å². The molecule has 3 aromatic rings. The van der Waals surface area contributed by atoms with Crippen molar-refractivity contribution in [1.82, 2.24) is 9.88 Å². The number of rotatable bonds is 11. The molecule has 2 aromatic carbocycles. The average molecular weight is 439 g/mol. The molecule has 0 spiro atoms. The van der Waals surface area contributed by atoms with E-state index in [4.69, 9.17) is 14.2 Å². The second-order valence-electron chi connectivity index (χ2n) is 7.48. The largest absolute Gasteiger partial charge is 0.494 e. The number of hydrogen-bond donors (Lipinski definition) is 1. The predicted octanol–water partition coefficient (Wildman–Crippen LogP) is 5.14. The molecule has 3 rings (SSSR count). The van der Waals surface area contributed by atoms with Crippen LogP contribution < -0.4 is 19.5 Å². The molecule has 1 amide bonds. The molecule has 1 heterocycles. The van der Waals surface area contributed by atoms with Crippen molar-refractivity contribution in [2.75, 3.05) is 26.4 Å².